The molecular weight excluding hydrogens is 210 g/mol. The fourth-order valence-corrected chi connectivity index (χ4v) is 1.30. The first-order valence-corrected chi connectivity index (χ1v) is 5.12. The van der Waals surface area contributed by atoms with Crippen LogP contribution >= 0.6 is 0 Å². The van der Waals surface area contributed by atoms with Crippen molar-refractivity contribution in [2.75, 3.05) is 6.54 Å². The third kappa shape index (κ3) is 3.28. The van der Waals surface area contributed by atoms with Crippen LogP contribution in [0.1, 0.15) is 25.5 Å². The maximum Gasteiger partial charge on any atom is 0.159 e. The Labute approximate surface area is 93.9 Å². The standard InChI is InChI=1S/C12H14F2N2/c1-8(6-15)7-16-9(2)10-3-4-11(13)12(14)5-10/h3-5,8-9,16H,7H2,1-2H3. The van der Waals surface area contributed by atoms with Gasteiger partial charge < -0.3 is 5.32 Å². The van der Waals surface area contributed by atoms with E-state index in [4.69, 9.17) is 5.26 Å². The van der Waals surface area contributed by atoms with Crippen molar-refractivity contribution >= 4 is 0 Å². The Bertz CT molecular complexity index is 398. The first-order valence-electron chi connectivity index (χ1n) is 5.12. The van der Waals surface area contributed by atoms with Gasteiger partial charge >= 0.3 is 0 Å². The van der Waals surface area contributed by atoms with Gasteiger partial charge in [0, 0.05) is 12.6 Å². The van der Waals surface area contributed by atoms with E-state index in [1.807, 2.05) is 6.92 Å². The number of benzene rings is 1. The summed E-state index contributed by atoms with van der Waals surface area (Å²) in [6.07, 6.45) is 0. The first-order chi connectivity index (χ1) is 7.54. The van der Waals surface area contributed by atoms with Gasteiger partial charge in [0.25, 0.3) is 0 Å². The Morgan fingerprint density at radius 1 is 1.31 bits per heavy atom. The third-order valence-electron chi connectivity index (χ3n) is 2.39. The summed E-state index contributed by atoms with van der Waals surface area (Å²) >= 11 is 0. The lowest BCUT2D eigenvalue weighted by Crippen LogP contribution is -2.23. The molecule has 4 heteroatoms. The molecule has 0 aliphatic heterocycles. The molecule has 0 spiro atoms. The second-order valence-electron chi connectivity index (χ2n) is 3.83. The van der Waals surface area contributed by atoms with Gasteiger partial charge in [-0.05, 0) is 31.5 Å². The molecule has 0 aliphatic rings. The molecule has 0 fully saturated rings. The largest absolute Gasteiger partial charge is 0.309 e. The highest BCUT2D eigenvalue weighted by atomic mass is 19.2. The summed E-state index contributed by atoms with van der Waals surface area (Å²) in [5, 5.41) is 11.7. The van der Waals surface area contributed by atoms with Crippen LogP contribution < -0.4 is 5.32 Å². The second kappa shape index (κ2) is 5.57. The van der Waals surface area contributed by atoms with Crippen LogP contribution in [-0.4, -0.2) is 6.54 Å². The van der Waals surface area contributed by atoms with Crippen molar-refractivity contribution in [3.05, 3.63) is 35.4 Å². The van der Waals surface area contributed by atoms with E-state index in [2.05, 4.69) is 11.4 Å². The monoisotopic (exact) mass is 224 g/mol. The molecule has 2 atom stereocenters. The summed E-state index contributed by atoms with van der Waals surface area (Å²) in [4.78, 5) is 0. The quantitative estimate of drug-likeness (QED) is 0.853. The van der Waals surface area contributed by atoms with Gasteiger partial charge in [0.15, 0.2) is 11.6 Å². The van der Waals surface area contributed by atoms with Gasteiger partial charge in [-0.3, -0.25) is 0 Å². The molecule has 1 N–H and O–H groups in total. The number of nitrogens with one attached hydrogen (secondary N) is 1. The van der Waals surface area contributed by atoms with Crippen LogP contribution in [0.4, 0.5) is 8.78 Å². The van der Waals surface area contributed by atoms with Crippen LogP contribution in [0.5, 0.6) is 0 Å². The topological polar surface area (TPSA) is 35.8 Å². The van der Waals surface area contributed by atoms with Crippen LogP contribution in [-0.2, 0) is 0 Å². The molecule has 0 aliphatic carbocycles. The van der Waals surface area contributed by atoms with Crippen molar-refractivity contribution in [3.8, 4) is 6.07 Å². The summed E-state index contributed by atoms with van der Waals surface area (Å²) in [5.74, 6) is -1.80. The van der Waals surface area contributed by atoms with Crippen LogP contribution in [0.2, 0.25) is 0 Å². The Morgan fingerprint density at radius 3 is 2.56 bits per heavy atom. The summed E-state index contributed by atoms with van der Waals surface area (Å²) in [6, 6.07) is 5.80. The van der Waals surface area contributed by atoms with E-state index >= 15 is 0 Å². The molecule has 0 radical (unpaired) electrons. The van der Waals surface area contributed by atoms with Gasteiger partial charge in [-0.1, -0.05) is 6.07 Å². The van der Waals surface area contributed by atoms with E-state index in [9.17, 15) is 8.78 Å². The van der Waals surface area contributed by atoms with Gasteiger partial charge in [-0.25, -0.2) is 8.78 Å². The highest BCUT2D eigenvalue weighted by Crippen LogP contribution is 2.15. The molecule has 0 heterocycles. The normalized spacial score (nSPS) is 14.2. The average molecular weight is 224 g/mol. The minimum absolute atomic E-state index is 0.104. The molecule has 16 heavy (non-hydrogen) atoms. The van der Waals surface area contributed by atoms with Gasteiger partial charge in [-0.15, -0.1) is 0 Å². The van der Waals surface area contributed by atoms with Crippen LogP contribution in [0.3, 0.4) is 0 Å². The molecule has 0 saturated carbocycles. The molecule has 0 saturated heterocycles. The number of rotatable bonds is 4. The summed E-state index contributed by atoms with van der Waals surface area (Å²) in [5.41, 5.74) is 0.670. The second-order valence-corrected chi connectivity index (χ2v) is 3.83. The van der Waals surface area contributed by atoms with Gasteiger partial charge in [0.05, 0.1) is 12.0 Å². The molecule has 2 unspecified atom stereocenters. The molecule has 1 aromatic rings. The molecule has 86 valence electrons. The summed E-state index contributed by atoms with van der Waals surface area (Å²) in [7, 11) is 0. The fourth-order valence-electron chi connectivity index (χ4n) is 1.30. The Balaban J connectivity index is 2.63. The molecule has 2 nitrogen and oxygen atoms in total. The molecule has 0 aromatic heterocycles. The SMILES string of the molecule is CC(C#N)CNC(C)c1ccc(F)c(F)c1. The van der Waals surface area contributed by atoms with Gasteiger partial charge in [0.2, 0.25) is 0 Å². The van der Waals surface area contributed by atoms with Crippen LogP contribution in [0.15, 0.2) is 18.2 Å². The van der Waals surface area contributed by atoms with Crippen molar-refractivity contribution < 1.29 is 8.78 Å². The van der Waals surface area contributed by atoms with Crippen molar-refractivity contribution in [2.24, 2.45) is 5.92 Å². The highest BCUT2D eigenvalue weighted by molar-refractivity contribution is 5.20. The minimum Gasteiger partial charge on any atom is -0.309 e. The number of hydrogen-bond donors (Lipinski definition) is 1. The lowest BCUT2D eigenvalue weighted by Gasteiger charge is -2.15. The minimum atomic E-state index is -0.848. The number of nitrogens with zero attached hydrogens (tertiary/aromatic N) is 1. The smallest absolute Gasteiger partial charge is 0.159 e. The third-order valence-corrected chi connectivity index (χ3v) is 2.39. The summed E-state index contributed by atoms with van der Waals surface area (Å²) in [6.45, 7) is 4.17. The Hall–Kier alpha value is -1.47. The zero-order chi connectivity index (χ0) is 12.1. The predicted molar refractivity (Wildman–Crippen MR) is 57.6 cm³/mol. The lowest BCUT2D eigenvalue weighted by atomic mass is 10.1. The van der Waals surface area contributed by atoms with Crippen molar-refractivity contribution in [3.63, 3.8) is 0 Å². The van der Waals surface area contributed by atoms with Crippen molar-refractivity contribution in [2.45, 2.75) is 19.9 Å². The average Bonchev–Trinajstić information content (AvgIpc) is 2.29. The summed E-state index contributed by atoms with van der Waals surface area (Å²) < 4.78 is 25.6. The maximum absolute atomic E-state index is 12.9. The van der Waals surface area contributed by atoms with Crippen molar-refractivity contribution in [1.82, 2.24) is 5.32 Å². The fraction of sp³-hybridized carbons (Fsp3) is 0.417. The first kappa shape index (κ1) is 12.6. The number of halogens is 2. The van der Waals surface area contributed by atoms with E-state index in [0.29, 0.717) is 12.1 Å². The Kier molecular flexibility index (Phi) is 4.39. The van der Waals surface area contributed by atoms with Crippen LogP contribution in [0, 0.1) is 28.9 Å². The van der Waals surface area contributed by atoms with E-state index in [1.54, 1.807) is 6.92 Å². The number of hydrogen-bond acceptors (Lipinski definition) is 2. The zero-order valence-corrected chi connectivity index (χ0v) is 9.30. The highest BCUT2D eigenvalue weighted by Gasteiger charge is 2.09. The number of nitriles is 1. The van der Waals surface area contributed by atoms with Gasteiger partial charge in [-0.2, -0.15) is 5.26 Å². The Morgan fingerprint density at radius 2 is 2.00 bits per heavy atom. The van der Waals surface area contributed by atoms with E-state index < -0.39 is 11.6 Å². The molecule has 1 rings (SSSR count). The van der Waals surface area contributed by atoms with Crippen molar-refractivity contribution in [1.29, 1.82) is 5.26 Å². The van der Waals surface area contributed by atoms with E-state index in [0.717, 1.165) is 6.07 Å². The lowest BCUT2D eigenvalue weighted by molar-refractivity contribution is 0.495. The van der Waals surface area contributed by atoms with Gasteiger partial charge in [0.1, 0.15) is 0 Å². The molecule has 1 aromatic carbocycles. The van der Waals surface area contributed by atoms with E-state index in [-0.39, 0.29) is 12.0 Å². The maximum atomic E-state index is 12.9. The van der Waals surface area contributed by atoms with E-state index in [1.165, 1.54) is 12.1 Å². The zero-order valence-electron chi connectivity index (χ0n) is 9.30. The molecule has 0 amide bonds. The predicted octanol–water partition coefficient (Wildman–Crippen LogP) is 2.78. The molecule has 0 bridgehead atoms. The van der Waals surface area contributed by atoms with Crippen LogP contribution in [0.25, 0.3) is 0 Å². The molecular formula is C12H14F2N2.